The van der Waals surface area contributed by atoms with E-state index in [1.165, 1.54) is 22.8 Å². The largest absolute Gasteiger partial charge is 0.290 e. The van der Waals surface area contributed by atoms with Crippen molar-refractivity contribution in [2.45, 2.75) is 5.88 Å². The van der Waals surface area contributed by atoms with E-state index in [-0.39, 0.29) is 27.4 Å². The van der Waals surface area contributed by atoms with Gasteiger partial charge in [-0.2, -0.15) is 0 Å². The molecule has 1 aromatic heterocycles. The maximum absolute atomic E-state index is 14.2. The van der Waals surface area contributed by atoms with E-state index in [1.807, 2.05) is 0 Å². The zero-order chi connectivity index (χ0) is 15.1. The number of alkyl halides is 1. The van der Waals surface area contributed by atoms with Crippen molar-refractivity contribution >= 4 is 38.6 Å². The molecule has 0 aliphatic rings. The predicted octanol–water partition coefficient (Wildman–Crippen LogP) is 4.94. The monoisotopic (exact) mass is 374 g/mol. The van der Waals surface area contributed by atoms with Gasteiger partial charge in [0.1, 0.15) is 17.3 Å². The smallest absolute Gasteiger partial charge is 0.151 e. The minimum absolute atomic E-state index is 0.0642. The van der Waals surface area contributed by atoms with Crippen LogP contribution >= 0.6 is 27.5 Å². The van der Waals surface area contributed by atoms with E-state index in [0.29, 0.717) is 5.52 Å². The van der Waals surface area contributed by atoms with Crippen LogP contribution in [0.4, 0.5) is 13.2 Å². The molecular weight excluding hydrogens is 369 g/mol. The Kier molecular flexibility index (Phi) is 3.67. The van der Waals surface area contributed by atoms with Crippen LogP contribution in [0.25, 0.3) is 16.7 Å². The molecule has 0 fully saturated rings. The van der Waals surface area contributed by atoms with Crippen LogP contribution in [-0.4, -0.2) is 9.55 Å². The summed E-state index contributed by atoms with van der Waals surface area (Å²) in [7, 11) is 0. The Morgan fingerprint density at radius 3 is 2.38 bits per heavy atom. The van der Waals surface area contributed by atoms with Crippen LogP contribution in [0.2, 0.25) is 0 Å². The number of hydrogen-bond donors (Lipinski definition) is 0. The van der Waals surface area contributed by atoms with E-state index in [0.717, 1.165) is 12.1 Å². The standard InChI is InChI=1S/C14H7BrClF3N2/c15-7-3-9(18)14(10(19)4-7)21-12-2-1-8(17)5-11(12)20-13(21)6-16/h1-5H,6H2. The summed E-state index contributed by atoms with van der Waals surface area (Å²) in [6, 6.07) is 6.09. The number of rotatable bonds is 2. The first-order chi connectivity index (χ1) is 10.0. The molecule has 0 N–H and O–H groups in total. The van der Waals surface area contributed by atoms with Crippen LogP contribution < -0.4 is 0 Å². The van der Waals surface area contributed by atoms with Crippen molar-refractivity contribution in [2.75, 3.05) is 0 Å². The maximum Gasteiger partial charge on any atom is 0.151 e. The van der Waals surface area contributed by atoms with Crippen LogP contribution in [-0.2, 0) is 5.88 Å². The normalized spacial score (nSPS) is 11.3. The second-order valence-corrected chi connectivity index (χ2v) is 5.53. The Morgan fingerprint density at radius 2 is 1.76 bits per heavy atom. The van der Waals surface area contributed by atoms with Crippen molar-refractivity contribution in [1.82, 2.24) is 9.55 Å². The number of aromatic nitrogens is 2. The summed E-state index contributed by atoms with van der Waals surface area (Å²) in [5.41, 5.74) is 0.377. The minimum Gasteiger partial charge on any atom is -0.290 e. The van der Waals surface area contributed by atoms with Gasteiger partial charge in [-0.1, -0.05) is 15.9 Å². The average molecular weight is 376 g/mol. The fourth-order valence-corrected chi connectivity index (χ4v) is 2.77. The van der Waals surface area contributed by atoms with Gasteiger partial charge in [0.2, 0.25) is 0 Å². The van der Waals surface area contributed by atoms with Gasteiger partial charge in [0, 0.05) is 10.5 Å². The lowest BCUT2D eigenvalue weighted by Gasteiger charge is -2.10. The number of benzene rings is 2. The molecule has 2 aromatic carbocycles. The fraction of sp³-hybridized carbons (Fsp3) is 0.0714. The van der Waals surface area contributed by atoms with E-state index >= 15 is 0 Å². The molecule has 108 valence electrons. The van der Waals surface area contributed by atoms with Crippen LogP contribution in [0.3, 0.4) is 0 Å². The first kappa shape index (κ1) is 14.4. The van der Waals surface area contributed by atoms with Crippen LogP contribution in [0.15, 0.2) is 34.8 Å². The van der Waals surface area contributed by atoms with Crippen molar-refractivity contribution in [1.29, 1.82) is 0 Å². The number of imidazole rings is 1. The average Bonchev–Trinajstić information content (AvgIpc) is 2.75. The highest BCUT2D eigenvalue weighted by molar-refractivity contribution is 9.10. The van der Waals surface area contributed by atoms with Gasteiger partial charge in [0.15, 0.2) is 11.6 Å². The fourth-order valence-electron chi connectivity index (χ4n) is 2.19. The van der Waals surface area contributed by atoms with Gasteiger partial charge in [-0.3, -0.25) is 4.57 Å². The van der Waals surface area contributed by atoms with Gasteiger partial charge in [-0.25, -0.2) is 18.2 Å². The first-order valence-corrected chi connectivity index (χ1v) is 7.22. The van der Waals surface area contributed by atoms with Crippen molar-refractivity contribution in [3.8, 4) is 5.69 Å². The SMILES string of the molecule is Fc1ccc2c(c1)nc(CCl)n2-c1c(F)cc(Br)cc1F. The number of hydrogen-bond acceptors (Lipinski definition) is 1. The summed E-state index contributed by atoms with van der Waals surface area (Å²) in [4.78, 5) is 4.12. The van der Waals surface area contributed by atoms with Gasteiger partial charge < -0.3 is 0 Å². The van der Waals surface area contributed by atoms with Crippen LogP contribution in [0.1, 0.15) is 5.82 Å². The molecule has 3 aromatic rings. The second kappa shape index (κ2) is 5.35. The third-order valence-corrected chi connectivity index (χ3v) is 3.71. The molecule has 0 radical (unpaired) electrons. The molecule has 0 spiro atoms. The quantitative estimate of drug-likeness (QED) is 0.580. The first-order valence-electron chi connectivity index (χ1n) is 5.89. The van der Waals surface area contributed by atoms with Gasteiger partial charge in [0.25, 0.3) is 0 Å². The molecular formula is C14H7BrClF3N2. The van der Waals surface area contributed by atoms with Crippen molar-refractivity contribution < 1.29 is 13.2 Å². The zero-order valence-corrected chi connectivity index (χ0v) is 12.7. The molecule has 1 heterocycles. The summed E-state index contributed by atoms with van der Waals surface area (Å²) in [6.45, 7) is 0. The predicted molar refractivity (Wildman–Crippen MR) is 78.2 cm³/mol. The van der Waals surface area contributed by atoms with Crippen LogP contribution in [0.5, 0.6) is 0 Å². The molecule has 3 rings (SSSR count). The highest BCUT2D eigenvalue weighted by Crippen LogP contribution is 2.29. The third kappa shape index (κ3) is 2.42. The van der Waals surface area contributed by atoms with E-state index in [4.69, 9.17) is 11.6 Å². The van der Waals surface area contributed by atoms with Gasteiger partial charge >= 0.3 is 0 Å². The lowest BCUT2D eigenvalue weighted by Crippen LogP contribution is -2.05. The van der Waals surface area contributed by atoms with Gasteiger partial charge in [0.05, 0.1) is 16.9 Å². The van der Waals surface area contributed by atoms with Gasteiger partial charge in [-0.15, -0.1) is 11.6 Å². The van der Waals surface area contributed by atoms with E-state index < -0.39 is 17.5 Å². The molecule has 0 amide bonds. The Morgan fingerprint density at radius 1 is 1.10 bits per heavy atom. The molecule has 0 atom stereocenters. The molecule has 0 aliphatic heterocycles. The Hall–Kier alpha value is -1.53. The maximum atomic E-state index is 14.2. The number of halogens is 5. The van der Waals surface area contributed by atoms with Crippen molar-refractivity contribution in [3.05, 3.63) is 58.1 Å². The molecule has 2 nitrogen and oxygen atoms in total. The topological polar surface area (TPSA) is 17.8 Å². The molecule has 0 saturated carbocycles. The van der Waals surface area contributed by atoms with E-state index in [2.05, 4.69) is 20.9 Å². The minimum atomic E-state index is -0.767. The Labute approximate surface area is 131 Å². The summed E-state index contributed by atoms with van der Waals surface area (Å²) >= 11 is 8.82. The van der Waals surface area contributed by atoms with Gasteiger partial charge in [-0.05, 0) is 24.3 Å². The third-order valence-electron chi connectivity index (χ3n) is 3.01. The second-order valence-electron chi connectivity index (χ2n) is 4.35. The zero-order valence-electron chi connectivity index (χ0n) is 10.4. The van der Waals surface area contributed by atoms with E-state index in [9.17, 15) is 13.2 Å². The highest BCUT2D eigenvalue weighted by atomic mass is 79.9. The Bertz CT molecular complexity index is 825. The molecule has 0 unspecified atom stereocenters. The summed E-state index contributed by atoms with van der Waals surface area (Å²) in [6.07, 6.45) is 0. The molecule has 0 aliphatic carbocycles. The molecule has 7 heteroatoms. The van der Waals surface area contributed by atoms with Crippen molar-refractivity contribution in [3.63, 3.8) is 0 Å². The number of fused-ring (bicyclic) bond motifs is 1. The summed E-state index contributed by atoms with van der Waals surface area (Å²) < 4.78 is 43.1. The van der Waals surface area contributed by atoms with Crippen LogP contribution in [0, 0.1) is 17.5 Å². The molecule has 0 bridgehead atoms. The lowest BCUT2D eigenvalue weighted by molar-refractivity contribution is 0.567. The molecule has 0 saturated heterocycles. The Balaban J connectivity index is 2.39. The summed E-state index contributed by atoms with van der Waals surface area (Å²) in [5.74, 6) is -1.85. The van der Waals surface area contributed by atoms with Crippen molar-refractivity contribution in [2.24, 2.45) is 0 Å². The number of nitrogens with zero attached hydrogens (tertiary/aromatic N) is 2. The highest BCUT2D eigenvalue weighted by Gasteiger charge is 2.19. The lowest BCUT2D eigenvalue weighted by atomic mass is 10.2. The van der Waals surface area contributed by atoms with E-state index in [1.54, 1.807) is 0 Å². The molecule has 21 heavy (non-hydrogen) atoms. The summed E-state index contributed by atoms with van der Waals surface area (Å²) in [5, 5.41) is 0.